The summed E-state index contributed by atoms with van der Waals surface area (Å²) in [6.07, 6.45) is 8.62. The maximum atomic E-state index is 14.3. The lowest BCUT2D eigenvalue weighted by atomic mass is 9.55. The number of aliphatic hydroxyl groups is 2. The number of ether oxygens (including phenoxy) is 3. The molecule has 2 aromatic carbocycles. The van der Waals surface area contributed by atoms with E-state index in [1.165, 1.54) is 12.1 Å². The summed E-state index contributed by atoms with van der Waals surface area (Å²) in [5.41, 5.74) is 2.69. The average molecular weight is 778 g/mol. The van der Waals surface area contributed by atoms with Gasteiger partial charge in [-0.1, -0.05) is 57.8 Å². The molecule has 0 bridgehead atoms. The van der Waals surface area contributed by atoms with Crippen LogP contribution in [0.2, 0.25) is 0 Å². The van der Waals surface area contributed by atoms with Crippen LogP contribution >= 0.6 is 0 Å². The second kappa shape index (κ2) is 19.1. The zero-order valence-corrected chi connectivity index (χ0v) is 33.2. The van der Waals surface area contributed by atoms with E-state index in [1.807, 2.05) is 27.7 Å². The molecule has 0 spiro atoms. The molecule has 306 valence electrons. The summed E-state index contributed by atoms with van der Waals surface area (Å²) in [6, 6.07) is 10.5. The van der Waals surface area contributed by atoms with Gasteiger partial charge in [0.25, 0.3) is 5.69 Å². The van der Waals surface area contributed by atoms with Gasteiger partial charge in [0.05, 0.1) is 29.8 Å². The Balaban J connectivity index is 1.72. The Morgan fingerprint density at radius 1 is 1.11 bits per heavy atom. The Hall–Kier alpha value is -4.46. The number of carbonyl (C=O) groups excluding carboxylic acids is 1. The van der Waals surface area contributed by atoms with E-state index >= 15 is 0 Å². The van der Waals surface area contributed by atoms with Gasteiger partial charge < -0.3 is 34.4 Å². The Morgan fingerprint density at radius 2 is 1.82 bits per heavy atom. The maximum absolute atomic E-state index is 14.3. The summed E-state index contributed by atoms with van der Waals surface area (Å²) in [5.74, 6) is -1.55. The largest absolute Gasteiger partial charge is 0.508 e. The lowest BCUT2D eigenvalue weighted by Crippen LogP contribution is -2.70. The van der Waals surface area contributed by atoms with Crippen molar-refractivity contribution in [2.24, 2.45) is 28.3 Å². The van der Waals surface area contributed by atoms with E-state index in [0.717, 1.165) is 36.8 Å². The first-order valence-corrected chi connectivity index (χ1v) is 19.9. The van der Waals surface area contributed by atoms with E-state index in [1.54, 1.807) is 41.3 Å². The summed E-state index contributed by atoms with van der Waals surface area (Å²) >= 11 is 0. The van der Waals surface area contributed by atoms with Crippen LogP contribution in [0.1, 0.15) is 96.1 Å². The van der Waals surface area contributed by atoms with Crippen LogP contribution in [0.4, 0.5) is 10.5 Å². The molecule has 2 aliphatic carbocycles. The molecule has 0 aromatic heterocycles. The molecule has 1 amide bonds. The van der Waals surface area contributed by atoms with Crippen LogP contribution in [0, 0.1) is 33.3 Å². The van der Waals surface area contributed by atoms with Crippen LogP contribution in [0.15, 0.2) is 71.9 Å². The van der Waals surface area contributed by atoms with Crippen LogP contribution < -0.4 is 4.74 Å². The van der Waals surface area contributed by atoms with Crippen LogP contribution in [0.3, 0.4) is 0 Å². The first-order chi connectivity index (χ1) is 26.9. The third kappa shape index (κ3) is 9.73. The maximum Gasteiger partial charge on any atom is 0.410 e. The molecule has 2 aromatic rings. The average Bonchev–Trinajstić information content (AvgIpc) is 3.17. The number of hydrogen-bond acceptors (Lipinski definition) is 11. The monoisotopic (exact) mass is 777 g/mol. The number of fused-ring (bicyclic) bond motifs is 2. The second-order valence-electron chi connectivity index (χ2n) is 16.3. The predicted molar refractivity (Wildman–Crippen MR) is 212 cm³/mol. The number of phenols is 1. The molecule has 3 N–H and O–H groups in total. The van der Waals surface area contributed by atoms with Crippen molar-refractivity contribution in [3.63, 3.8) is 0 Å². The van der Waals surface area contributed by atoms with Crippen molar-refractivity contribution in [3.8, 4) is 11.5 Å². The van der Waals surface area contributed by atoms with Crippen molar-refractivity contribution >= 4 is 17.5 Å². The quantitative estimate of drug-likeness (QED) is 0.0549. The normalized spacial score (nSPS) is 24.6. The number of rotatable bonds is 19. The smallest absolute Gasteiger partial charge is 0.410 e. The molecule has 0 saturated heterocycles. The topological polar surface area (TPSA) is 173 Å². The molecule has 13 heteroatoms. The molecule has 13 nitrogen and oxygen atoms in total. The SMILES string of the molecule is C=CCO[C@@]12Oc3ccc(O)cc3[C@H]3[C@H](CCCCO)[C@@H](CCCCO)C=C(C(=NOCc4ccc([N+](=O)[O-])cc4)C[C@@H]1N(CCC)C(=O)OCC(C)(C)C)[C@H]32. The molecule has 3 aliphatic rings. The molecule has 5 rings (SSSR count). The van der Waals surface area contributed by atoms with Crippen molar-refractivity contribution in [2.45, 2.75) is 103 Å². The van der Waals surface area contributed by atoms with E-state index in [0.29, 0.717) is 42.8 Å². The number of nitrogens with zero attached hydrogens (tertiary/aromatic N) is 3. The standard InChI is InChI=1S/C43H59N3O10/c1-6-20-45(41(50)53-28-42(3,4)5)38-26-36(44-55-27-29-14-16-31(17-15-29)46(51)52)34-24-30(12-8-10-21-47)33(13-9-11-22-48)39-35-25-32(49)18-19-37(35)56-43(38,40(34)39)54-23-7-2/h7,14-19,24-25,30,33,38-40,47-49H,2,6,8-13,20-23,26-28H2,1,3-5H3/t30-,33+,38-,39+,40+,43+/m0/s1. The van der Waals surface area contributed by atoms with Gasteiger partial charge in [-0.25, -0.2) is 4.79 Å². The highest BCUT2D eigenvalue weighted by molar-refractivity contribution is 6.03. The van der Waals surface area contributed by atoms with Crippen LogP contribution in [-0.2, 0) is 20.9 Å². The lowest BCUT2D eigenvalue weighted by molar-refractivity contribution is -0.384. The van der Waals surface area contributed by atoms with Crippen molar-refractivity contribution in [2.75, 3.05) is 33.0 Å². The first kappa shape index (κ1) is 42.7. The summed E-state index contributed by atoms with van der Waals surface area (Å²) in [4.78, 5) is 32.9. The first-order valence-electron chi connectivity index (χ1n) is 19.9. The van der Waals surface area contributed by atoms with Gasteiger partial charge in [-0.2, -0.15) is 0 Å². The second-order valence-corrected chi connectivity index (χ2v) is 16.3. The number of hydrogen-bond donors (Lipinski definition) is 3. The predicted octanol–water partition coefficient (Wildman–Crippen LogP) is 8.03. The van der Waals surface area contributed by atoms with Crippen LogP contribution in [-0.4, -0.2) is 81.7 Å². The summed E-state index contributed by atoms with van der Waals surface area (Å²) in [6.45, 7) is 12.8. The molecule has 6 atom stereocenters. The number of amides is 1. The zero-order valence-electron chi connectivity index (χ0n) is 33.2. The Kier molecular flexibility index (Phi) is 14.6. The van der Waals surface area contributed by atoms with Gasteiger partial charge in [0, 0.05) is 49.8 Å². The third-order valence-corrected chi connectivity index (χ3v) is 10.9. The number of aromatic hydroxyl groups is 1. The molecule has 0 radical (unpaired) electrons. The number of nitro groups is 1. The molecule has 1 heterocycles. The Labute approximate surface area is 330 Å². The minimum atomic E-state index is -1.44. The number of oxime groups is 1. The minimum Gasteiger partial charge on any atom is -0.508 e. The van der Waals surface area contributed by atoms with Crippen molar-refractivity contribution in [1.82, 2.24) is 4.90 Å². The molecule has 1 fully saturated rings. The fourth-order valence-corrected chi connectivity index (χ4v) is 8.53. The Morgan fingerprint density at radius 3 is 2.46 bits per heavy atom. The van der Waals surface area contributed by atoms with Gasteiger partial charge in [0.1, 0.15) is 24.1 Å². The lowest BCUT2D eigenvalue weighted by Gasteiger charge is -2.59. The highest BCUT2D eigenvalue weighted by Gasteiger charge is 2.65. The summed E-state index contributed by atoms with van der Waals surface area (Å²) in [5, 5.41) is 46.5. The van der Waals surface area contributed by atoms with E-state index < -0.39 is 28.8 Å². The number of aliphatic hydroxyl groups excluding tert-OH is 2. The fraction of sp³-hybridized carbons (Fsp3) is 0.581. The van der Waals surface area contributed by atoms with Gasteiger partial charge >= 0.3 is 6.09 Å². The summed E-state index contributed by atoms with van der Waals surface area (Å²) < 4.78 is 20.0. The van der Waals surface area contributed by atoms with Gasteiger partial charge in [-0.05, 0) is 90.8 Å². The highest BCUT2D eigenvalue weighted by atomic mass is 16.7. The number of non-ortho nitro benzene ring substituents is 1. The minimum absolute atomic E-state index is 0.0126. The zero-order chi connectivity index (χ0) is 40.5. The van der Waals surface area contributed by atoms with E-state index in [-0.39, 0.29) is 74.1 Å². The summed E-state index contributed by atoms with van der Waals surface area (Å²) in [7, 11) is 0. The van der Waals surface area contributed by atoms with E-state index in [4.69, 9.17) is 24.2 Å². The number of benzene rings is 2. The molecule has 56 heavy (non-hydrogen) atoms. The molecule has 1 saturated carbocycles. The van der Waals surface area contributed by atoms with Gasteiger partial charge in [0.2, 0.25) is 5.79 Å². The molecular formula is C43H59N3O10. The number of phenolic OH excluding ortho intramolecular Hbond substituents is 1. The van der Waals surface area contributed by atoms with E-state index in [2.05, 4.69) is 12.7 Å². The van der Waals surface area contributed by atoms with Crippen molar-refractivity contribution < 1.29 is 44.1 Å². The number of allylic oxidation sites excluding steroid dienone is 1. The number of unbranched alkanes of at least 4 members (excludes halogenated alkanes) is 2. The van der Waals surface area contributed by atoms with Crippen LogP contribution in [0.25, 0.3) is 0 Å². The Bertz CT molecular complexity index is 1720. The number of nitro benzene ring substituents is 1. The third-order valence-electron chi connectivity index (χ3n) is 10.9. The van der Waals surface area contributed by atoms with Gasteiger partial charge in [0.15, 0.2) is 0 Å². The van der Waals surface area contributed by atoms with Gasteiger partial charge in [-0.3, -0.25) is 15.0 Å². The fourth-order valence-electron chi connectivity index (χ4n) is 8.53. The van der Waals surface area contributed by atoms with E-state index in [9.17, 15) is 30.2 Å². The molecule has 1 aliphatic heterocycles. The van der Waals surface area contributed by atoms with Crippen molar-refractivity contribution in [1.29, 1.82) is 0 Å². The molecular weight excluding hydrogens is 718 g/mol. The van der Waals surface area contributed by atoms with Gasteiger partial charge in [-0.15, -0.1) is 6.58 Å². The van der Waals surface area contributed by atoms with Crippen molar-refractivity contribution in [3.05, 3.63) is 88.0 Å². The van der Waals surface area contributed by atoms with Crippen LogP contribution in [0.5, 0.6) is 11.5 Å². The molecule has 0 unspecified atom stereocenters. The number of carbonyl (C=O) groups is 1. The highest BCUT2D eigenvalue weighted by Crippen LogP contribution is 2.62.